The number of halogens is 2. The Hall–Kier alpha value is -0.360. The molecule has 68 valence electrons. The molecule has 1 heterocycles. The fourth-order valence-corrected chi connectivity index (χ4v) is 1.48. The standard InChI is InChI=1S/C5H4ClNO3S.ClH/c6-4-2-1-3-7-5(4)11(8,9)10;/h1-3H,(H,8,9,10);1H. The zero-order chi connectivity index (χ0) is 8.48. The van der Waals surface area contributed by atoms with E-state index in [1.165, 1.54) is 18.3 Å². The molecule has 1 rings (SSSR count). The first-order valence-electron chi connectivity index (χ1n) is 2.60. The Morgan fingerprint density at radius 1 is 1.50 bits per heavy atom. The normalized spacial score (nSPS) is 10.5. The molecule has 0 unspecified atom stereocenters. The highest BCUT2D eigenvalue weighted by atomic mass is 35.5. The average Bonchev–Trinajstić information content (AvgIpc) is 1.86. The van der Waals surface area contributed by atoms with Gasteiger partial charge in [-0.15, -0.1) is 12.4 Å². The van der Waals surface area contributed by atoms with Gasteiger partial charge in [0.1, 0.15) is 0 Å². The van der Waals surface area contributed by atoms with Crippen LogP contribution in [-0.4, -0.2) is 18.0 Å². The second-order valence-corrected chi connectivity index (χ2v) is 3.51. The summed E-state index contributed by atoms with van der Waals surface area (Å²) >= 11 is 5.41. The zero-order valence-corrected chi connectivity index (χ0v) is 8.03. The Labute approximate surface area is 80.7 Å². The zero-order valence-electron chi connectivity index (χ0n) is 5.64. The number of hydrogen-bond acceptors (Lipinski definition) is 3. The van der Waals surface area contributed by atoms with Gasteiger partial charge in [-0.2, -0.15) is 8.42 Å². The minimum Gasteiger partial charge on any atom is -0.281 e. The lowest BCUT2D eigenvalue weighted by Gasteiger charge is -1.95. The van der Waals surface area contributed by atoms with Gasteiger partial charge in [0.2, 0.25) is 5.03 Å². The molecule has 0 aromatic carbocycles. The molecule has 0 amide bonds. The lowest BCUT2D eigenvalue weighted by molar-refractivity contribution is 0.479. The van der Waals surface area contributed by atoms with Crippen molar-refractivity contribution in [2.45, 2.75) is 5.03 Å². The summed E-state index contributed by atoms with van der Waals surface area (Å²) in [6.07, 6.45) is 1.23. The molecule has 1 aromatic heterocycles. The summed E-state index contributed by atoms with van der Waals surface area (Å²) in [4.78, 5) is 3.38. The molecule has 1 N–H and O–H groups in total. The smallest absolute Gasteiger partial charge is 0.281 e. The Morgan fingerprint density at radius 3 is 2.42 bits per heavy atom. The molecule has 7 heteroatoms. The predicted molar refractivity (Wildman–Crippen MR) is 46.3 cm³/mol. The molecule has 0 spiro atoms. The number of nitrogens with zero attached hydrogens (tertiary/aromatic N) is 1. The first-order chi connectivity index (χ1) is 5.02. The van der Waals surface area contributed by atoms with Crippen LogP contribution in [0.25, 0.3) is 0 Å². The molecule has 4 nitrogen and oxygen atoms in total. The van der Waals surface area contributed by atoms with E-state index in [2.05, 4.69) is 4.98 Å². The van der Waals surface area contributed by atoms with Crippen LogP contribution in [-0.2, 0) is 10.1 Å². The Morgan fingerprint density at radius 2 is 2.08 bits per heavy atom. The van der Waals surface area contributed by atoms with Crippen molar-refractivity contribution in [2.75, 3.05) is 0 Å². The average molecular weight is 230 g/mol. The first-order valence-corrected chi connectivity index (χ1v) is 4.41. The summed E-state index contributed by atoms with van der Waals surface area (Å²) in [5.74, 6) is 0. The van der Waals surface area contributed by atoms with E-state index >= 15 is 0 Å². The van der Waals surface area contributed by atoms with E-state index in [1.54, 1.807) is 0 Å². The van der Waals surface area contributed by atoms with Crippen LogP contribution in [0.5, 0.6) is 0 Å². The van der Waals surface area contributed by atoms with Crippen molar-refractivity contribution in [1.29, 1.82) is 0 Å². The molecular formula is C5H5Cl2NO3S. The fraction of sp³-hybridized carbons (Fsp3) is 0. The van der Waals surface area contributed by atoms with Crippen molar-refractivity contribution in [1.82, 2.24) is 4.98 Å². The van der Waals surface area contributed by atoms with E-state index in [4.69, 9.17) is 16.2 Å². The third-order valence-corrected chi connectivity index (χ3v) is 2.20. The lowest BCUT2D eigenvalue weighted by atomic mass is 10.5. The minimum atomic E-state index is -4.28. The highest BCUT2D eigenvalue weighted by Crippen LogP contribution is 2.16. The Kier molecular flexibility index (Phi) is 3.92. The van der Waals surface area contributed by atoms with E-state index in [9.17, 15) is 8.42 Å². The van der Waals surface area contributed by atoms with Gasteiger partial charge in [-0.25, -0.2) is 4.98 Å². The molecule has 12 heavy (non-hydrogen) atoms. The Bertz CT molecular complexity index is 365. The van der Waals surface area contributed by atoms with Crippen molar-refractivity contribution >= 4 is 34.1 Å². The highest BCUT2D eigenvalue weighted by molar-refractivity contribution is 7.85. The maximum Gasteiger partial charge on any atom is 0.313 e. The van der Waals surface area contributed by atoms with E-state index in [0.29, 0.717) is 0 Å². The van der Waals surface area contributed by atoms with Gasteiger partial charge >= 0.3 is 10.1 Å². The van der Waals surface area contributed by atoms with Crippen LogP contribution in [0.3, 0.4) is 0 Å². The van der Waals surface area contributed by atoms with Gasteiger partial charge < -0.3 is 0 Å². The van der Waals surface area contributed by atoms with E-state index in [1.807, 2.05) is 0 Å². The SMILES string of the molecule is Cl.O=S(=O)(O)c1ncccc1Cl. The molecular weight excluding hydrogens is 225 g/mol. The van der Waals surface area contributed by atoms with Crippen LogP contribution in [0.4, 0.5) is 0 Å². The summed E-state index contributed by atoms with van der Waals surface area (Å²) in [5, 5.41) is -0.600. The van der Waals surface area contributed by atoms with Crippen molar-refractivity contribution in [3.05, 3.63) is 23.4 Å². The Balaban J connectivity index is 0.00000121. The third-order valence-electron chi connectivity index (χ3n) is 0.969. The van der Waals surface area contributed by atoms with Crippen molar-refractivity contribution in [3.63, 3.8) is 0 Å². The molecule has 0 fully saturated rings. The second-order valence-electron chi connectivity index (χ2n) is 1.77. The quantitative estimate of drug-likeness (QED) is 0.740. The molecule has 0 atom stereocenters. The van der Waals surface area contributed by atoms with E-state index < -0.39 is 15.1 Å². The van der Waals surface area contributed by atoms with E-state index in [0.717, 1.165) is 0 Å². The van der Waals surface area contributed by atoms with Gasteiger partial charge in [0.25, 0.3) is 0 Å². The van der Waals surface area contributed by atoms with Crippen LogP contribution in [0.2, 0.25) is 5.02 Å². The predicted octanol–water partition coefficient (Wildman–Crippen LogP) is 1.40. The van der Waals surface area contributed by atoms with Gasteiger partial charge in [-0.05, 0) is 12.1 Å². The molecule has 1 aromatic rings. The van der Waals surface area contributed by atoms with Crippen molar-refractivity contribution in [2.24, 2.45) is 0 Å². The number of hydrogen-bond donors (Lipinski definition) is 1. The van der Waals surface area contributed by atoms with Crippen molar-refractivity contribution < 1.29 is 13.0 Å². The van der Waals surface area contributed by atoms with Gasteiger partial charge in [0.05, 0.1) is 5.02 Å². The monoisotopic (exact) mass is 229 g/mol. The van der Waals surface area contributed by atoms with Gasteiger partial charge in [0, 0.05) is 6.20 Å². The molecule has 0 bridgehead atoms. The van der Waals surface area contributed by atoms with Crippen LogP contribution >= 0.6 is 24.0 Å². The third kappa shape index (κ3) is 2.60. The summed E-state index contributed by atoms with van der Waals surface area (Å²) < 4.78 is 29.4. The fourth-order valence-electron chi connectivity index (χ4n) is 0.561. The van der Waals surface area contributed by atoms with Crippen LogP contribution in [0.1, 0.15) is 0 Å². The number of aromatic nitrogens is 1. The summed E-state index contributed by atoms with van der Waals surface area (Å²) in [6, 6.07) is 2.80. The van der Waals surface area contributed by atoms with Crippen molar-refractivity contribution in [3.8, 4) is 0 Å². The molecule has 0 saturated carbocycles. The highest BCUT2D eigenvalue weighted by Gasteiger charge is 2.14. The van der Waals surface area contributed by atoms with Gasteiger partial charge in [-0.3, -0.25) is 4.55 Å². The van der Waals surface area contributed by atoms with Gasteiger partial charge in [-0.1, -0.05) is 11.6 Å². The summed E-state index contributed by atoms with van der Waals surface area (Å²) in [6.45, 7) is 0. The largest absolute Gasteiger partial charge is 0.313 e. The number of pyridine rings is 1. The van der Waals surface area contributed by atoms with Crippen LogP contribution < -0.4 is 0 Å². The molecule has 0 aliphatic heterocycles. The lowest BCUT2D eigenvalue weighted by Crippen LogP contribution is -2.01. The second kappa shape index (κ2) is 4.04. The molecule has 0 aliphatic carbocycles. The molecule has 0 aliphatic rings. The summed E-state index contributed by atoms with van der Waals surface area (Å²) in [5.41, 5.74) is 0. The summed E-state index contributed by atoms with van der Waals surface area (Å²) in [7, 11) is -4.28. The van der Waals surface area contributed by atoms with Gasteiger partial charge in [0.15, 0.2) is 0 Å². The number of rotatable bonds is 1. The maximum absolute atomic E-state index is 10.5. The molecule has 0 saturated heterocycles. The molecule has 0 radical (unpaired) electrons. The van der Waals surface area contributed by atoms with Crippen LogP contribution in [0, 0.1) is 0 Å². The van der Waals surface area contributed by atoms with E-state index in [-0.39, 0.29) is 17.4 Å². The topological polar surface area (TPSA) is 67.3 Å². The maximum atomic E-state index is 10.5. The first kappa shape index (κ1) is 11.6. The minimum absolute atomic E-state index is 0. The van der Waals surface area contributed by atoms with Crippen LogP contribution in [0.15, 0.2) is 23.4 Å².